The zero-order chi connectivity index (χ0) is 14.5. The number of rotatable bonds is 2. The summed E-state index contributed by atoms with van der Waals surface area (Å²) in [5, 5.41) is 0.277. The van der Waals surface area contributed by atoms with Crippen molar-refractivity contribution < 1.29 is 9.53 Å². The summed E-state index contributed by atoms with van der Waals surface area (Å²) in [4.78, 5) is 13.9. The van der Waals surface area contributed by atoms with Gasteiger partial charge in [0, 0.05) is 11.3 Å². The zero-order valence-electron chi connectivity index (χ0n) is 11.4. The number of nitrogens with two attached hydrogens (primary N) is 1. The summed E-state index contributed by atoms with van der Waals surface area (Å²) >= 11 is 5.98. The Morgan fingerprint density at radius 2 is 2.15 bits per heavy atom. The molecule has 2 N–H and O–H groups in total. The van der Waals surface area contributed by atoms with E-state index < -0.39 is 5.97 Å². The van der Waals surface area contributed by atoms with Crippen LogP contribution in [0.25, 0.3) is 0 Å². The molecular weight excluding hydrogens is 276 g/mol. The third kappa shape index (κ3) is 3.44. The number of hydrogen-bond donors (Lipinski definition) is 1. The molecule has 0 saturated carbocycles. The topological polar surface area (TPSA) is 55.6 Å². The molecule has 0 bridgehead atoms. The third-order valence-corrected chi connectivity index (χ3v) is 3.58. The number of hydrogen-bond acceptors (Lipinski definition) is 4. The van der Waals surface area contributed by atoms with Gasteiger partial charge in [-0.05, 0) is 38.1 Å². The largest absolute Gasteiger partial charge is 0.465 e. The van der Waals surface area contributed by atoms with E-state index >= 15 is 0 Å². The molecule has 1 aliphatic heterocycles. The summed E-state index contributed by atoms with van der Waals surface area (Å²) in [6, 6.07) is 3.12. The molecule has 1 aromatic carbocycles. The fraction of sp³-hybridized carbons (Fsp3) is 0.400. The Balaban J connectivity index is 2.18. The van der Waals surface area contributed by atoms with Crippen molar-refractivity contribution in [1.82, 2.24) is 4.90 Å². The fourth-order valence-electron chi connectivity index (χ4n) is 2.15. The van der Waals surface area contributed by atoms with Crippen LogP contribution in [0.15, 0.2) is 12.1 Å². The van der Waals surface area contributed by atoms with Gasteiger partial charge in [-0.2, -0.15) is 0 Å². The number of nitrogens with zero attached hydrogens (tertiary/aromatic N) is 1. The minimum Gasteiger partial charge on any atom is -0.465 e. The van der Waals surface area contributed by atoms with Crippen molar-refractivity contribution in [2.75, 3.05) is 32.5 Å². The number of nitrogen functional groups attached to an aromatic ring is 1. The lowest BCUT2D eigenvalue weighted by molar-refractivity contribution is 0.0601. The molecule has 5 heteroatoms. The van der Waals surface area contributed by atoms with E-state index in [9.17, 15) is 4.79 Å². The van der Waals surface area contributed by atoms with E-state index in [1.807, 2.05) is 0 Å². The highest BCUT2D eigenvalue weighted by molar-refractivity contribution is 6.34. The maximum absolute atomic E-state index is 11.6. The van der Waals surface area contributed by atoms with Crippen LogP contribution in [-0.2, 0) is 4.74 Å². The standard InChI is InChI=1S/C15H17ClN2O2/c1-20-15(19)12-9-11(14(17)10-13(12)16)5-4-8-18-6-2-3-7-18/h9-10H,2-3,6-8,17H2,1H3. The summed E-state index contributed by atoms with van der Waals surface area (Å²) in [6.45, 7) is 2.91. The van der Waals surface area contributed by atoms with Gasteiger partial charge in [0.05, 0.1) is 24.2 Å². The van der Waals surface area contributed by atoms with Crippen molar-refractivity contribution in [3.05, 3.63) is 28.3 Å². The molecule has 0 aliphatic carbocycles. The molecule has 2 rings (SSSR count). The molecule has 1 fully saturated rings. The van der Waals surface area contributed by atoms with Gasteiger partial charge in [0.25, 0.3) is 0 Å². The van der Waals surface area contributed by atoms with Crippen LogP contribution in [0.4, 0.5) is 5.69 Å². The Kier molecular flexibility index (Phi) is 4.89. The Morgan fingerprint density at radius 3 is 2.80 bits per heavy atom. The molecular formula is C15H17ClN2O2. The van der Waals surface area contributed by atoms with Crippen LogP contribution in [0.3, 0.4) is 0 Å². The van der Waals surface area contributed by atoms with Crippen molar-refractivity contribution >= 4 is 23.3 Å². The molecule has 0 radical (unpaired) electrons. The van der Waals surface area contributed by atoms with E-state index in [0.29, 0.717) is 11.3 Å². The van der Waals surface area contributed by atoms with Crippen LogP contribution in [0.2, 0.25) is 5.02 Å². The van der Waals surface area contributed by atoms with Gasteiger partial charge in [-0.3, -0.25) is 4.90 Å². The molecule has 0 atom stereocenters. The van der Waals surface area contributed by atoms with Gasteiger partial charge < -0.3 is 10.5 Å². The summed E-state index contributed by atoms with van der Waals surface area (Å²) in [7, 11) is 1.31. The number of benzene rings is 1. The summed E-state index contributed by atoms with van der Waals surface area (Å²) in [5.74, 6) is 5.60. The number of esters is 1. The molecule has 0 unspecified atom stereocenters. The number of halogens is 1. The van der Waals surface area contributed by atoms with E-state index in [0.717, 1.165) is 19.6 Å². The van der Waals surface area contributed by atoms with E-state index in [2.05, 4.69) is 21.5 Å². The summed E-state index contributed by atoms with van der Waals surface area (Å²) in [5.41, 5.74) is 7.23. The average Bonchev–Trinajstić information content (AvgIpc) is 2.93. The number of carbonyl (C=O) groups is 1. The Hall–Kier alpha value is -1.70. The number of anilines is 1. The van der Waals surface area contributed by atoms with Gasteiger partial charge in [0.15, 0.2) is 0 Å². The minimum absolute atomic E-state index is 0.277. The normalized spacial score (nSPS) is 14.7. The van der Waals surface area contributed by atoms with Crippen LogP contribution in [0, 0.1) is 11.8 Å². The highest BCUT2D eigenvalue weighted by Crippen LogP contribution is 2.23. The van der Waals surface area contributed by atoms with Crippen molar-refractivity contribution in [2.24, 2.45) is 0 Å². The van der Waals surface area contributed by atoms with Crippen LogP contribution in [0.5, 0.6) is 0 Å². The molecule has 20 heavy (non-hydrogen) atoms. The molecule has 1 heterocycles. The van der Waals surface area contributed by atoms with Crippen molar-refractivity contribution in [3.63, 3.8) is 0 Å². The molecule has 0 spiro atoms. The van der Waals surface area contributed by atoms with Crippen molar-refractivity contribution in [3.8, 4) is 11.8 Å². The molecule has 0 aromatic heterocycles. The first kappa shape index (κ1) is 14.7. The predicted molar refractivity (Wildman–Crippen MR) is 79.8 cm³/mol. The van der Waals surface area contributed by atoms with E-state index in [1.54, 1.807) is 6.07 Å². The molecule has 1 saturated heterocycles. The lowest BCUT2D eigenvalue weighted by Gasteiger charge is -2.09. The fourth-order valence-corrected chi connectivity index (χ4v) is 2.40. The number of methoxy groups -OCH3 is 1. The highest BCUT2D eigenvalue weighted by atomic mass is 35.5. The van der Waals surface area contributed by atoms with Crippen molar-refractivity contribution in [2.45, 2.75) is 12.8 Å². The first-order valence-corrected chi connectivity index (χ1v) is 6.88. The molecule has 0 amide bonds. The van der Waals surface area contributed by atoms with E-state index in [-0.39, 0.29) is 10.6 Å². The molecule has 1 aromatic rings. The van der Waals surface area contributed by atoms with E-state index in [4.69, 9.17) is 17.3 Å². The van der Waals surface area contributed by atoms with Crippen LogP contribution in [-0.4, -0.2) is 37.6 Å². The summed E-state index contributed by atoms with van der Waals surface area (Å²) < 4.78 is 4.68. The SMILES string of the molecule is COC(=O)c1cc(C#CCN2CCCC2)c(N)cc1Cl. The number of ether oxygens (including phenoxy) is 1. The average molecular weight is 293 g/mol. The molecule has 106 valence electrons. The maximum atomic E-state index is 11.6. The van der Waals surface area contributed by atoms with Gasteiger partial charge in [-0.15, -0.1) is 0 Å². The first-order valence-electron chi connectivity index (χ1n) is 6.50. The highest BCUT2D eigenvalue weighted by Gasteiger charge is 2.13. The van der Waals surface area contributed by atoms with Crippen molar-refractivity contribution in [1.29, 1.82) is 0 Å². The second-order valence-electron chi connectivity index (χ2n) is 4.70. The monoisotopic (exact) mass is 292 g/mol. The lowest BCUT2D eigenvalue weighted by atomic mass is 10.1. The lowest BCUT2D eigenvalue weighted by Crippen LogP contribution is -2.19. The number of likely N-dealkylation sites (tertiary alicyclic amines) is 1. The van der Waals surface area contributed by atoms with Gasteiger partial charge in [-0.25, -0.2) is 4.79 Å². The smallest absolute Gasteiger partial charge is 0.339 e. The predicted octanol–water partition coefficient (Wildman–Crippen LogP) is 2.16. The van der Waals surface area contributed by atoms with Gasteiger partial charge >= 0.3 is 5.97 Å². The van der Waals surface area contributed by atoms with Gasteiger partial charge in [-0.1, -0.05) is 23.4 Å². The van der Waals surface area contributed by atoms with Gasteiger partial charge in [0.2, 0.25) is 0 Å². The Morgan fingerprint density at radius 1 is 1.45 bits per heavy atom. The second-order valence-corrected chi connectivity index (χ2v) is 5.10. The second kappa shape index (κ2) is 6.65. The molecule has 1 aliphatic rings. The zero-order valence-corrected chi connectivity index (χ0v) is 12.2. The quantitative estimate of drug-likeness (QED) is 0.515. The van der Waals surface area contributed by atoms with Crippen LogP contribution >= 0.6 is 11.6 Å². The Bertz CT molecular complexity index is 569. The minimum atomic E-state index is -0.488. The van der Waals surface area contributed by atoms with Crippen LogP contribution < -0.4 is 5.73 Å². The number of carbonyl (C=O) groups excluding carboxylic acids is 1. The van der Waals surface area contributed by atoms with Crippen LogP contribution in [0.1, 0.15) is 28.8 Å². The van der Waals surface area contributed by atoms with Gasteiger partial charge in [0.1, 0.15) is 0 Å². The first-order chi connectivity index (χ1) is 9.61. The van der Waals surface area contributed by atoms with E-state index in [1.165, 1.54) is 26.0 Å². The Labute approximate surface area is 123 Å². The third-order valence-electron chi connectivity index (χ3n) is 3.27. The molecule has 4 nitrogen and oxygen atoms in total. The maximum Gasteiger partial charge on any atom is 0.339 e. The summed E-state index contributed by atoms with van der Waals surface area (Å²) in [6.07, 6.45) is 2.47.